The number of epoxide rings is 2. The van der Waals surface area contributed by atoms with Crippen LogP contribution in [0, 0.1) is 11.3 Å². The molecule has 0 aromatic rings. The lowest BCUT2D eigenvalue weighted by Gasteiger charge is -2.42. The molecular weight excluding hydrogens is 280 g/mol. The second-order valence-corrected chi connectivity index (χ2v) is 8.73. The van der Waals surface area contributed by atoms with Gasteiger partial charge in [-0.1, -0.05) is 20.8 Å². The summed E-state index contributed by atoms with van der Waals surface area (Å²) >= 11 is 0. The number of ether oxygens (including phenoxy) is 4. The predicted molar refractivity (Wildman–Crippen MR) is 85.0 cm³/mol. The van der Waals surface area contributed by atoms with Gasteiger partial charge in [0.05, 0.1) is 36.4 Å². The number of hydrogen-bond acceptors (Lipinski definition) is 4. The van der Waals surface area contributed by atoms with E-state index in [-0.39, 0.29) is 29.3 Å². The predicted octanol–water partition coefficient (Wildman–Crippen LogP) is 3.18. The summed E-state index contributed by atoms with van der Waals surface area (Å²) in [6.07, 6.45) is 4.89. The van der Waals surface area contributed by atoms with Crippen LogP contribution in [0.1, 0.15) is 53.4 Å². The van der Waals surface area contributed by atoms with Crippen molar-refractivity contribution in [3.8, 4) is 0 Å². The van der Waals surface area contributed by atoms with Crippen LogP contribution in [0.25, 0.3) is 0 Å². The molecule has 2 heterocycles. The van der Waals surface area contributed by atoms with E-state index in [1.807, 2.05) is 0 Å². The fourth-order valence-corrected chi connectivity index (χ4v) is 4.48. The van der Waals surface area contributed by atoms with E-state index in [4.69, 9.17) is 18.9 Å². The highest BCUT2D eigenvalue weighted by molar-refractivity contribution is 5.19. The fraction of sp³-hybridized carbons (Fsp3) is 1.00. The van der Waals surface area contributed by atoms with Gasteiger partial charge in [-0.2, -0.15) is 0 Å². The zero-order valence-corrected chi connectivity index (χ0v) is 15.0. The van der Waals surface area contributed by atoms with Gasteiger partial charge in [0, 0.05) is 14.2 Å². The average Bonchev–Trinajstić information content (AvgIpc) is 3.34. The molecule has 3 fully saturated rings. The highest BCUT2D eigenvalue weighted by Gasteiger charge is 2.71. The Bertz CT molecular complexity index is 412. The third kappa shape index (κ3) is 2.83. The minimum atomic E-state index is -0.125. The highest BCUT2D eigenvalue weighted by atomic mass is 16.6. The summed E-state index contributed by atoms with van der Waals surface area (Å²) in [5.74, 6) is 0.272. The molecular formula is C18H32O4. The molecule has 1 saturated carbocycles. The van der Waals surface area contributed by atoms with Crippen molar-refractivity contribution < 1.29 is 18.9 Å². The second-order valence-electron chi connectivity index (χ2n) is 8.73. The smallest absolute Gasteiger partial charge is 0.100 e. The van der Waals surface area contributed by atoms with Crippen LogP contribution in [0.2, 0.25) is 0 Å². The van der Waals surface area contributed by atoms with E-state index in [0.29, 0.717) is 11.5 Å². The highest BCUT2D eigenvalue weighted by Crippen LogP contribution is 2.59. The van der Waals surface area contributed by atoms with Gasteiger partial charge in [0.2, 0.25) is 0 Å². The Hall–Kier alpha value is -0.160. The fourth-order valence-electron chi connectivity index (χ4n) is 4.48. The molecule has 4 heteroatoms. The molecule has 2 aliphatic heterocycles. The lowest BCUT2D eigenvalue weighted by atomic mass is 9.68. The second kappa shape index (κ2) is 5.44. The van der Waals surface area contributed by atoms with Crippen molar-refractivity contribution in [3.63, 3.8) is 0 Å². The van der Waals surface area contributed by atoms with Crippen molar-refractivity contribution in [2.24, 2.45) is 11.3 Å². The first-order valence-corrected chi connectivity index (χ1v) is 8.63. The summed E-state index contributed by atoms with van der Waals surface area (Å²) < 4.78 is 23.7. The molecule has 3 aliphatic rings. The van der Waals surface area contributed by atoms with Gasteiger partial charge in [-0.25, -0.2) is 0 Å². The summed E-state index contributed by atoms with van der Waals surface area (Å²) in [6.45, 7) is 9.96. The van der Waals surface area contributed by atoms with E-state index in [2.05, 4.69) is 27.7 Å². The molecule has 3 rings (SSSR count). The van der Waals surface area contributed by atoms with Crippen molar-refractivity contribution >= 4 is 0 Å². The molecule has 0 amide bonds. The molecule has 0 radical (unpaired) electrons. The Balaban J connectivity index is 1.73. The first kappa shape index (κ1) is 16.7. The van der Waals surface area contributed by atoms with Gasteiger partial charge in [-0.05, 0) is 38.0 Å². The van der Waals surface area contributed by atoms with Gasteiger partial charge in [-0.3, -0.25) is 0 Å². The third-order valence-electron chi connectivity index (χ3n) is 5.96. The molecule has 0 aromatic carbocycles. The lowest BCUT2D eigenvalue weighted by Crippen LogP contribution is -2.55. The normalized spacial score (nSPS) is 47.7. The summed E-state index contributed by atoms with van der Waals surface area (Å²) in [5, 5.41) is 0. The van der Waals surface area contributed by atoms with E-state index >= 15 is 0 Å². The first-order valence-electron chi connectivity index (χ1n) is 8.63. The Morgan fingerprint density at radius 1 is 1.18 bits per heavy atom. The molecule has 0 bridgehead atoms. The monoisotopic (exact) mass is 312 g/mol. The van der Waals surface area contributed by atoms with E-state index in [1.165, 1.54) is 6.42 Å². The number of rotatable bonds is 5. The first-order chi connectivity index (χ1) is 10.3. The Morgan fingerprint density at radius 2 is 1.86 bits per heavy atom. The lowest BCUT2D eigenvalue weighted by molar-refractivity contribution is -0.128. The zero-order valence-electron chi connectivity index (χ0n) is 15.0. The van der Waals surface area contributed by atoms with Crippen molar-refractivity contribution in [3.05, 3.63) is 0 Å². The van der Waals surface area contributed by atoms with Crippen LogP contribution in [0.5, 0.6) is 0 Å². The number of methoxy groups -OCH3 is 2. The van der Waals surface area contributed by atoms with E-state index < -0.39 is 0 Å². The van der Waals surface area contributed by atoms with Gasteiger partial charge < -0.3 is 18.9 Å². The molecule has 2 saturated heterocycles. The van der Waals surface area contributed by atoms with Crippen molar-refractivity contribution in [1.29, 1.82) is 0 Å². The molecule has 4 nitrogen and oxygen atoms in total. The molecule has 0 aromatic heterocycles. The Kier molecular flexibility index (Phi) is 4.13. The van der Waals surface area contributed by atoms with Gasteiger partial charge in [-0.15, -0.1) is 0 Å². The maximum Gasteiger partial charge on any atom is 0.100 e. The molecule has 1 spiro atoms. The summed E-state index contributed by atoms with van der Waals surface area (Å²) in [7, 11) is 3.58. The molecule has 22 heavy (non-hydrogen) atoms. The summed E-state index contributed by atoms with van der Waals surface area (Å²) in [6, 6.07) is 0. The van der Waals surface area contributed by atoms with Crippen LogP contribution in [0.3, 0.4) is 0 Å². The molecule has 6 atom stereocenters. The van der Waals surface area contributed by atoms with Crippen molar-refractivity contribution in [1.82, 2.24) is 0 Å². The number of hydrogen-bond donors (Lipinski definition) is 0. The molecule has 128 valence electrons. The van der Waals surface area contributed by atoms with Crippen LogP contribution < -0.4 is 0 Å². The summed E-state index contributed by atoms with van der Waals surface area (Å²) in [5.41, 5.74) is 0.198. The van der Waals surface area contributed by atoms with Crippen LogP contribution in [-0.2, 0) is 18.9 Å². The topological polar surface area (TPSA) is 43.5 Å². The molecule has 0 N–H and O–H groups in total. The zero-order chi connectivity index (χ0) is 16.2. The van der Waals surface area contributed by atoms with Gasteiger partial charge >= 0.3 is 0 Å². The Morgan fingerprint density at radius 3 is 2.36 bits per heavy atom. The minimum absolute atomic E-state index is 0.0268. The van der Waals surface area contributed by atoms with E-state index in [1.54, 1.807) is 14.2 Å². The van der Waals surface area contributed by atoms with Gasteiger partial charge in [0.25, 0.3) is 0 Å². The standard InChI is InChI=1S/C18H32O4/c1-16(2,3)9-8-13-17(4,22-13)15-14(20-6)12(19-5)7-10-18(15)11-21-18/h12-15H,7-11H2,1-6H3/t12?,13-,14?,15?,17+,18+/m1/s1. The third-order valence-corrected chi connectivity index (χ3v) is 5.96. The van der Waals surface area contributed by atoms with E-state index in [0.717, 1.165) is 25.9 Å². The van der Waals surface area contributed by atoms with Crippen molar-refractivity contribution in [2.75, 3.05) is 20.8 Å². The van der Waals surface area contributed by atoms with Crippen molar-refractivity contribution in [2.45, 2.75) is 82.9 Å². The SMILES string of the molecule is COC1CC[C@]2(CO2)C([C@@]2(C)O[C@@H]2CCC(C)(C)C)C1OC. The maximum atomic E-state index is 6.22. The van der Waals surface area contributed by atoms with Crippen LogP contribution in [0.15, 0.2) is 0 Å². The van der Waals surface area contributed by atoms with Crippen LogP contribution in [0.4, 0.5) is 0 Å². The quantitative estimate of drug-likeness (QED) is 0.731. The average molecular weight is 312 g/mol. The van der Waals surface area contributed by atoms with Crippen LogP contribution in [-0.4, -0.2) is 50.3 Å². The molecule has 1 aliphatic carbocycles. The Labute approximate surface area is 134 Å². The van der Waals surface area contributed by atoms with Gasteiger partial charge in [0.1, 0.15) is 5.60 Å². The minimum Gasteiger partial charge on any atom is -0.379 e. The largest absolute Gasteiger partial charge is 0.379 e. The van der Waals surface area contributed by atoms with Gasteiger partial charge in [0.15, 0.2) is 0 Å². The van der Waals surface area contributed by atoms with Crippen LogP contribution >= 0.6 is 0 Å². The molecule has 3 unspecified atom stereocenters. The maximum absolute atomic E-state index is 6.22. The summed E-state index contributed by atoms with van der Waals surface area (Å²) in [4.78, 5) is 0. The van der Waals surface area contributed by atoms with E-state index in [9.17, 15) is 0 Å².